The molecule has 0 spiro atoms. The summed E-state index contributed by atoms with van der Waals surface area (Å²) in [6, 6.07) is 15.1. The van der Waals surface area contributed by atoms with Crippen LogP contribution in [0.15, 0.2) is 42.5 Å². The Morgan fingerprint density at radius 1 is 1.21 bits per heavy atom. The molecule has 0 radical (unpaired) electrons. The molecule has 0 bridgehead atoms. The number of anilines is 1. The summed E-state index contributed by atoms with van der Waals surface area (Å²) in [5.74, 6) is 0.0300. The molecule has 126 valence electrons. The third kappa shape index (κ3) is 3.45. The lowest BCUT2D eigenvalue weighted by Gasteiger charge is -2.25. The molecule has 3 heteroatoms. The smallest absolute Gasteiger partial charge is 0.251 e. The van der Waals surface area contributed by atoms with Gasteiger partial charge < -0.3 is 10.2 Å². The van der Waals surface area contributed by atoms with Gasteiger partial charge in [-0.05, 0) is 56.9 Å². The minimum absolute atomic E-state index is 0.0300. The molecule has 1 N–H and O–H groups in total. The fourth-order valence-electron chi connectivity index (χ4n) is 3.59. The Balaban J connectivity index is 1.51. The van der Waals surface area contributed by atoms with Crippen molar-refractivity contribution in [2.24, 2.45) is 0 Å². The summed E-state index contributed by atoms with van der Waals surface area (Å²) in [4.78, 5) is 14.8. The molecule has 1 aliphatic heterocycles. The van der Waals surface area contributed by atoms with E-state index in [4.69, 9.17) is 0 Å². The normalized spacial score (nSPS) is 16.1. The van der Waals surface area contributed by atoms with E-state index in [2.05, 4.69) is 47.5 Å². The van der Waals surface area contributed by atoms with Crippen molar-refractivity contribution in [3.05, 3.63) is 64.7 Å². The molecule has 1 amide bonds. The van der Waals surface area contributed by atoms with Crippen molar-refractivity contribution in [1.82, 2.24) is 5.32 Å². The van der Waals surface area contributed by atoms with E-state index >= 15 is 0 Å². The number of amides is 1. The molecule has 1 heterocycles. The summed E-state index contributed by atoms with van der Waals surface area (Å²) in [7, 11) is 0. The molecule has 2 aromatic carbocycles. The van der Waals surface area contributed by atoms with E-state index in [0.717, 1.165) is 30.5 Å². The van der Waals surface area contributed by atoms with Crippen LogP contribution in [0.1, 0.15) is 40.4 Å². The van der Waals surface area contributed by atoms with Gasteiger partial charge in [-0.3, -0.25) is 4.79 Å². The second-order valence-corrected chi connectivity index (χ2v) is 6.80. The molecule has 0 saturated heterocycles. The Morgan fingerprint density at radius 3 is 2.79 bits per heavy atom. The van der Waals surface area contributed by atoms with Gasteiger partial charge in [-0.25, -0.2) is 0 Å². The zero-order chi connectivity index (χ0) is 17.1. The lowest BCUT2D eigenvalue weighted by atomic mass is 10.1. The summed E-state index contributed by atoms with van der Waals surface area (Å²) < 4.78 is 0. The second-order valence-electron chi connectivity index (χ2n) is 6.80. The zero-order valence-corrected chi connectivity index (χ0v) is 14.8. The Morgan fingerprint density at radius 2 is 2.00 bits per heavy atom. The van der Waals surface area contributed by atoms with Crippen molar-refractivity contribution in [3.8, 4) is 0 Å². The number of aryl methyl sites for hydroxylation is 2. The lowest BCUT2D eigenvalue weighted by Crippen LogP contribution is -2.33. The molecule has 0 fully saturated rings. The Labute approximate surface area is 144 Å². The number of rotatable bonds is 5. The number of hydrogen-bond acceptors (Lipinski definition) is 2. The molecule has 3 rings (SSSR count). The number of para-hydroxylation sites is 1. The maximum atomic E-state index is 12.3. The van der Waals surface area contributed by atoms with Gasteiger partial charge in [0.1, 0.15) is 0 Å². The second kappa shape index (κ2) is 7.08. The fraction of sp³-hybridized carbons (Fsp3) is 0.381. The first-order valence-electron chi connectivity index (χ1n) is 8.76. The highest BCUT2D eigenvalue weighted by Crippen LogP contribution is 2.31. The maximum Gasteiger partial charge on any atom is 0.251 e. The number of carbonyl (C=O) groups excluding carboxylic acids is 1. The third-order valence-corrected chi connectivity index (χ3v) is 4.84. The van der Waals surface area contributed by atoms with Crippen molar-refractivity contribution in [2.75, 3.05) is 18.0 Å². The van der Waals surface area contributed by atoms with Crippen molar-refractivity contribution in [1.29, 1.82) is 0 Å². The summed E-state index contributed by atoms with van der Waals surface area (Å²) >= 11 is 0. The number of nitrogens with one attached hydrogen (secondary N) is 1. The minimum Gasteiger partial charge on any atom is -0.368 e. The molecule has 0 saturated carbocycles. The van der Waals surface area contributed by atoms with Crippen LogP contribution in [0.25, 0.3) is 0 Å². The third-order valence-electron chi connectivity index (χ3n) is 4.84. The van der Waals surface area contributed by atoms with E-state index in [0.29, 0.717) is 12.6 Å². The number of benzene rings is 2. The summed E-state index contributed by atoms with van der Waals surface area (Å²) in [6.45, 7) is 7.99. The number of fused-ring (bicyclic) bond motifs is 1. The molecular weight excluding hydrogens is 296 g/mol. The molecule has 1 aliphatic rings. The molecule has 1 atom stereocenters. The largest absolute Gasteiger partial charge is 0.368 e. The van der Waals surface area contributed by atoms with Gasteiger partial charge in [-0.1, -0.05) is 35.9 Å². The molecular formula is C21H26N2O. The predicted octanol–water partition coefficient (Wildman–Crippen LogP) is 3.87. The number of hydrogen-bond donors (Lipinski definition) is 1. The van der Waals surface area contributed by atoms with Crippen molar-refractivity contribution >= 4 is 11.6 Å². The van der Waals surface area contributed by atoms with Crippen molar-refractivity contribution in [3.63, 3.8) is 0 Å². The number of nitrogens with zero attached hydrogens (tertiary/aromatic N) is 1. The van der Waals surface area contributed by atoms with E-state index < -0.39 is 0 Å². The summed E-state index contributed by atoms with van der Waals surface area (Å²) in [5.41, 5.74) is 5.79. The van der Waals surface area contributed by atoms with Crippen LogP contribution in [0, 0.1) is 13.8 Å². The van der Waals surface area contributed by atoms with Gasteiger partial charge in [-0.2, -0.15) is 0 Å². The highest BCUT2D eigenvalue weighted by molar-refractivity contribution is 5.95. The Hall–Kier alpha value is -2.29. The SMILES string of the molecule is Cc1ccc(C(=O)NCCCN2c3ccccc3C[C@H]2C)c(C)c1. The quantitative estimate of drug-likeness (QED) is 0.848. The van der Waals surface area contributed by atoms with E-state index in [1.807, 2.05) is 26.0 Å². The van der Waals surface area contributed by atoms with Gasteiger partial charge in [0, 0.05) is 30.4 Å². The standard InChI is InChI=1S/C21H26N2O/c1-15-9-10-19(16(2)13-15)21(24)22-11-6-12-23-17(3)14-18-7-4-5-8-20(18)23/h4-5,7-10,13,17H,6,11-12,14H2,1-3H3,(H,22,24)/t17-/m1/s1. The van der Waals surface area contributed by atoms with Crippen LogP contribution in [0.4, 0.5) is 5.69 Å². The first-order chi connectivity index (χ1) is 11.6. The highest BCUT2D eigenvalue weighted by Gasteiger charge is 2.24. The van der Waals surface area contributed by atoms with Gasteiger partial charge in [0.25, 0.3) is 5.91 Å². The van der Waals surface area contributed by atoms with Gasteiger partial charge >= 0.3 is 0 Å². The summed E-state index contributed by atoms with van der Waals surface area (Å²) in [5, 5.41) is 3.06. The predicted molar refractivity (Wildman–Crippen MR) is 99.8 cm³/mol. The van der Waals surface area contributed by atoms with Crippen molar-refractivity contribution in [2.45, 2.75) is 39.7 Å². The lowest BCUT2D eigenvalue weighted by molar-refractivity contribution is 0.0953. The first-order valence-corrected chi connectivity index (χ1v) is 8.76. The van der Waals surface area contributed by atoms with E-state index in [1.165, 1.54) is 16.8 Å². The van der Waals surface area contributed by atoms with E-state index in [1.54, 1.807) is 0 Å². The molecule has 0 unspecified atom stereocenters. The molecule has 0 aromatic heterocycles. The summed E-state index contributed by atoms with van der Waals surface area (Å²) in [6.07, 6.45) is 2.07. The van der Waals surface area contributed by atoms with Gasteiger partial charge in [0.15, 0.2) is 0 Å². The minimum atomic E-state index is 0.0300. The monoisotopic (exact) mass is 322 g/mol. The van der Waals surface area contributed by atoms with Crippen LogP contribution in [0.3, 0.4) is 0 Å². The average molecular weight is 322 g/mol. The Kier molecular flexibility index (Phi) is 4.89. The van der Waals surface area contributed by atoms with E-state index in [-0.39, 0.29) is 5.91 Å². The van der Waals surface area contributed by atoms with Crippen LogP contribution >= 0.6 is 0 Å². The highest BCUT2D eigenvalue weighted by atomic mass is 16.1. The number of carbonyl (C=O) groups is 1. The fourth-order valence-corrected chi connectivity index (χ4v) is 3.59. The van der Waals surface area contributed by atoms with Crippen LogP contribution in [0.5, 0.6) is 0 Å². The van der Waals surface area contributed by atoms with Crippen molar-refractivity contribution < 1.29 is 4.79 Å². The average Bonchev–Trinajstić information content (AvgIpc) is 2.87. The van der Waals surface area contributed by atoms with Crippen LogP contribution < -0.4 is 10.2 Å². The van der Waals surface area contributed by atoms with Gasteiger partial charge in [0.2, 0.25) is 0 Å². The molecule has 24 heavy (non-hydrogen) atoms. The zero-order valence-electron chi connectivity index (χ0n) is 14.8. The van der Waals surface area contributed by atoms with Crippen LogP contribution in [-0.4, -0.2) is 25.0 Å². The molecule has 3 nitrogen and oxygen atoms in total. The first kappa shape index (κ1) is 16.6. The van der Waals surface area contributed by atoms with E-state index in [9.17, 15) is 4.79 Å². The van der Waals surface area contributed by atoms with Crippen LogP contribution in [-0.2, 0) is 6.42 Å². The maximum absolute atomic E-state index is 12.3. The van der Waals surface area contributed by atoms with Crippen LogP contribution in [0.2, 0.25) is 0 Å². The van der Waals surface area contributed by atoms with Gasteiger partial charge in [-0.15, -0.1) is 0 Å². The Bertz CT molecular complexity index is 738. The van der Waals surface area contributed by atoms with Gasteiger partial charge in [0.05, 0.1) is 0 Å². The molecule has 2 aromatic rings. The topological polar surface area (TPSA) is 32.3 Å². The molecule has 0 aliphatic carbocycles.